The normalized spacial score (nSPS) is 18.9. The van der Waals surface area contributed by atoms with Gasteiger partial charge in [0.15, 0.2) is 5.96 Å². The molecule has 0 aromatic heterocycles. The van der Waals surface area contributed by atoms with Gasteiger partial charge in [0, 0.05) is 33.2 Å². The third kappa shape index (κ3) is 6.38. The summed E-state index contributed by atoms with van der Waals surface area (Å²) in [7, 11) is -1.65. The van der Waals surface area contributed by atoms with Gasteiger partial charge in [-0.3, -0.25) is 4.99 Å². The maximum absolute atomic E-state index is 12.8. The molecule has 6 nitrogen and oxygen atoms in total. The molecule has 2 N–H and O–H groups in total. The Morgan fingerprint density at radius 2 is 1.96 bits per heavy atom. The van der Waals surface area contributed by atoms with E-state index in [1.165, 1.54) is 0 Å². The number of aliphatic imine (C=N–C) groups is 1. The molecule has 1 unspecified atom stereocenters. The van der Waals surface area contributed by atoms with Gasteiger partial charge >= 0.3 is 0 Å². The summed E-state index contributed by atoms with van der Waals surface area (Å²) < 4.78 is 27.1. The number of halogens is 1. The van der Waals surface area contributed by atoms with Gasteiger partial charge in [0.05, 0.1) is 4.90 Å². The van der Waals surface area contributed by atoms with E-state index in [1.54, 1.807) is 23.5 Å². The average Bonchev–Trinajstić information content (AvgIpc) is 2.62. The molecule has 1 aromatic rings. The summed E-state index contributed by atoms with van der Waals surface area (Å²) in [6.45, 7) is 6.91. The van der Waals surface area contributed by atoms with Crippen molar-refractivity contribution in [1.29, 1.82) is 0 Å². The van der Waals surface area contributed by atoms with Crippen molar-refractivity contribution in [3.05, 3.63) is 29.8 Å². The topological polar surface area (TPSA) is 73.8 Å². The Labute approximate surface area is 174 Å². The zero-order valence-electron chi connectivity index (χ0n) is 15.9. The first-order valence-electron chi connectivity index (χ1n) is 9.01. The van der Waals surface area contributed by atoms with Crippen molar-refractivity contribution in [3.63, 3.8) is 0 Å². The van der Waals surface area contributed by atoms with E-state index in [0.717, 1.165) is 37.3 Å². The van der Waals surface area contributed by atoms with E-state index >= 15 is 0 Å². The Hall–Kier alpha value is -0.870. The van der Waals surface area contributed by atoms with Crippen LogP contribution in [0.4, 0.5) is 0 Å². The van der Waals surface area contributed by atoms with Crippen molar-refractivity contribution >= 4 is 40.0 Å². The zero-order chi connectivity index (χ0) is 18.3. The molecule has 1 heterocycles. The first kappa shape index (κ1) is 23.2. The number of guanidine groups is 1. The maximum atomic E-state index is 12.8. The predicted octanol–water partition coefficient (Wildman–Crippen LogP) is 2.80. The van der Waals surface area contributed by atoms with Crippen LogP contribution in [-0.4, -0.2) is 45.4 Å². The van der Waals surface area contributed by atoms with E-state index < -0.39 is 10.0 Å². The molecule has 1 atom stereocenters. The molecule has 1 aliphatic rings. The number of sulfonamides is 1. The van der Waals surface area contributed by atoms with Gasteiger partial charge in [-0.05, 0) is 42.9 Å². The smallest absolute Gasteiger partial charge is 0.243 e. The van der Waals surface area contributed by atoms with Crippen LogP contribution < -0.4 is 10.6 Å². The second-order valence-electron chi connectivity index (χ2n) is 6.61. The van der Waals surface area contributed by atoms with Crippen molar-refractivity contribution in [3.8, 4) is 0 Å². The highest BCUT2D eigenvalue weighted by Gasteiger charge is 2.28. The van der Waals surface area contributed by atoms with Gasteiger partial charge < -0.3 is 10.6 Å². The third-order valence-corrected chi connectivity index (χ3v) is 6.29. The van der Waals surface area contributed by atoms with Gasteiger partial charge in [0.2, 0.25) is 10.0 Å². The van der Waals surface area contributed by atoms with Gasteiger partial charge in [0.1, 0.15) is 0 Å². The lowest BCUT2D eigenvalue weighted by Gasteiger charge is -2.30. The Morgan fingerprint density at radius 1 is 1.27 bits per heavy atom. The van der Waals surface area contributed by atoms with E-state index in [2.05, 4.69) is 29.5 Å². The molecule has 1 aliphatic heterocycles. The molecule has 0 saturated carbocycles. The number of piperidine rings is 1. The van der Waals surface area contributed by atoms with Gasteiger partial charge in [-0.15, -0.1) is 24.0 Å². The number of nitrogens with one attached hydrogen (secondary N) is 2. The zero-order valence-corrected chi connectivity index (χ0v) is 19.0. The highest BCUT2D eigenvalue weighted by Crippen LogP contribution is 2.23. The summed E-state index contributed by atoms with van der Waals surface area (Å²) in [5.74, 6) is 1.18. The molecule has 0 radical (unpaired) electrons. The Bertz CT molecular complexity index is 677. The van der Waals surface area contributed by atoms with Crippen LogP contribution >= 0.6 is 24.0 Å². The van der Waals surface area contributed by atoms with Gasteiger partial charge in [-0.2, -0.15) is 4.31 Å². The van der Waals surface area contributed by atoms with Crippen LogP contribution in [0.2, 0.25) is 0 Å². The van der Waals surface area contributed by atoms with Crippen molar-refractivity contribution in [2.75, 3.05) is 26.7 Å². The minimum Gasteiger partial charge on any atom is -0.356 e. The number of hydrogen-bond acceptors (Lipinski definition) is 3. The summed E-state index contributed by atoms with van der Waals surface area (Å²) in [5.41, 5.74) is 1.02. The van der Waals surface area contributed by atoms with Crippen LogP contribution in [0.1, 0.15) is 38.7 Å². The summed E-state index contributed by atoms with van der Waals surface area (Å²) in [4.78, 5) is 4.53. The van der Waals surface area contributed by atoms with Gasteiger partial charge in [-0.1, -0.05) is 26.0 Å². The van der Waals surface area contributed by atoms with Crippen molar-refractivity contribution in [2.45, 2.75) is 44.6 Å². The maximum Gasteiger partial charge on any atom is 0.243 e. The fourth-order valence-electron chi connectivity index (χ4n) is 2.94. The molecule has 2 rings (SSSR count). The Balaban J connectivity index is 0.00000338. The molecule has 1 aromatic carbocycles. The van der Waals surface area contributed by atoms with Gasteiger partial charge in [-0.25, -0.2) is 8.42 Å². The molecule has 8 heteroatoms. The molecule has 1 fully saturated rings. The first-order valence-corrected chi connectivity index (χ1v) is 10.4. The standard InChI is InChI=1S/C18H30N4O2S.HI/c1-4-11-20-18(19-3)21-13-16-7-9-17(10-8-16)25(23,24)22-12-5-6-15(2)14-22;/h7-10,15H,4-6,11-14H2,1-3H3,(H2,19,20,21);1H. The van der Waals surface area contributed by atoms with Gasteiger partial charge in [0.25, 0.3) is 0 Å². The highest BCUT2D eigenvalue weighted by molar-refractivity contribution is 14.0. The quantitative estimate of drug-likeness (QED) is 0.363. The minimum absolute atomic E-state index is 0. The van der Waals surface area contributed by atoms with Crippen molar-refractivity contribution < 1.29 is 8.42 Å². The van der Waals surface area contributed by atoms with E-state index in [0.29, 0.717) is 30.4 Å². The summed E-state index contributed by atoms with van der Waals surface area (Å²) in [5, 5.41) is 6.44. The fraction of sp³-hybridized carbons (Fsp3) is 0.611. The molecule has 0 amide bonds. The van der Waals surface area contributed by atoms with Crippen LogP contribution in [0.5, 0.6) is 0 Å². The lowest BCUT2D eigenvalue weighted by atomic mass is 10.0. The minimum atomic E-state index is -3.38. The molecule has 0 bridgehead atoms. The second kappa shape index (κ2) is 11.1. The van der Waals surface area contributed by atoms with Crippen LogP contribution in [-0.2, 0) is 16.6 Å². The largest absolute Gasteiger partial charge is 0.356 e. The SMILES string of the molecule is CCCNC(=NC)NCc1ccc(S(=O)(=O)N2CCCC(C)C2)cc1.I. The third-order valence-electron chi connectivity index (χ3n) is 4.41. The second-order valence-corrected chi connectivity index (χ2v) is 8.54. The van der Waals surface area contributed by atoms with Crippen LogP contribution in [0.15, 0.2) is 34.2 Å². The molecule has 26 heavy (non-hydrogen) atoms. The van der Waals surface area contributed by atoms with Crippen LogP contribution in [0.25, 0.3) is 0 Å². The Kier molecular flexibility index (Phi) is 9.88. The molecular weight excluding hydrogens is 463 g/mol. The molecule has 0 aliphatic carbocycles. The molecule has 1 saturated heterocycles. The fourth-order valence-corrected chi connectivity index (χ4v) is 4.54. The monoisotopic (exact) mass is 494 g/mol. The van der Waals surface area contributed by atoms with Crippen molar-refractivity contribution in [2.24, 2.45) is 10.9 Å². The molecule has 0 spiro atoms. The molecular formula is C18H31IN4O2S. The molecule has 148 valence electrons. The first-order chi connectivity index (χ1) is 12.0. The summed E-state index contributed by atoms with van der Waals surface area (Å²) >= 11 is 0. The summed E-state index contributed by atoms with van der Waals surface area (Å²) in [6.07, 6.45) is 3.07. The van der Waals surface area contributed by atoms with E-state index in [1.807, 2.05) is 12.1 Å². The lowest BCUT2D eigenvalue weighted by molar-refractivity contribution is 0.281. The van der Waals surface area contributed by atoms with Crippen molar-refractivity contribution in [1.82, 2.24) is 14.9 Å². The number of hydrogen-bond donors (Lipinski definition) is 2. The van der Waals surface area contributed by atoms with E-state index in [4.69, 9.17) is 0 Å². The number of rotatable bonds is 6. The number of nitrogens with zero attached hydrogens (tertiary/aromatic N) is 2. The lowest BCUT2D eigenvalue weighted by Crippen LogP contribution is -2.39. The predicted molar refractivity (Wildman–Crippen MR) is 118 cm³/mol. The van der Waals surface area contributed by atoms with Crippen LogP contribution in [0, 0.1) is 5.92 Å². The number of benzene rings is 1. The highest BCUT2D eigenvalue weighted by atomic mass is 127. The van der Waals surface area contributed by atoms with E-state index in [9.17, 15) is 8.42 Å². The van der Waals surface area contributed by atoms with Crippen LogP contribution in [0.3, 0.4) is 0 Å². The summed E-state index contributed by atoms with van der Waals surface area (Å²) in [6, 6.07) is 7.13. The average molecular weight is 494 g/mol. The van der Waals surface area contributed by atoms with E-state index in [-0.39, 0.29) is 24.0 Å². The Morgan fingerprint density at radius 3 is 2.54 bits per heavy atom.